The second kappa shape index (κ2) is 2.43. The van der Waals surface area contributed by atoms with Crippen LogP contribution in [0, 0.1) is 6.92 Å². The lowest BCUT2D eigenvalue weighted by Crippen LogP contribution is -1.99. The van der Waals surface area contributed by atoms with Gasteiger partial charge in [-0.25, -0.2) is 9.97 Å². The lowest BCUT2D eigenvalue weighted by molar-refractivity contribution is 0.111. The van der Waals surface area contributed by atoms with Gasteiger partial charge in [0.1, 0.15) is 0 Å². The van der Waals surface area contributed by atoms with Crippen LogP contribution in [-0.4, -0.2) is 16.3 Å². The molecule has 0 fully saturated rings. The molecule has 0 saturated heterocycles. The van der Waals surface area contributed by atoms with E-state index < -0.39 is 0 Å². The molecule has 52 valence electrons. The molecule has 4 nitrogen and oxygen atoms in total. The summed E-state index contributed by atoms with van der Waals surface area (Å²) >= 11 is 0. The predicted molar refractivity (Wildman–Crippen MR) is 36.6 cm³/mol. The molecule has 4 heteroatoms. The molecular weight excluding hydrogens is 130 g/mol. The van der Waals surface area contributed by atoms with E-state index >= 15 is 0 Å². The lowest BCUT2D eigenvalue weighted by Gasteiger charge is -1.95. The van der Waals surface area contributed by atoms with E-state index in [0.717, 1.165) is 0 Å². The van der Waals surface area contributed by atoms with Crippen molar-refractivity contribution >= 4 is 12.0 Å². The van der Waals surface area contributed by atoms with Gasteiger partial charge in [0.15, 0.2) is 12.1 Å². The van der Waals surface area contributed by atoms with Gasteiger partial charge in [0.05, 0.1) is 17.6 Å². The van der Waals surface area contributed by atoms with Crippen molar-refractivity contribution in [2.75, 3.05) is 5.73 Å². The highest BCUT2D eigenvalue weighted by atomic mass is 16.1. The SMILES string of the molecule is Cc1nc(C=O)ncc1N. The highest BCUT2D eigenvalue weighted by Gasteiger charge is 1.96. The average Bonchev–Trinajstić information content (AvgIpc) is 1.95. The van der Waals surface area contributed by atoms with Crippen LogP contribution in [0.25, 0.3) is 0 Å². The van der Waals surface area contributed by atoms with Gasteiger partial charge in [-0.3, -0.25) is 4.79 Å². The van der Waals surface area contributed by atoms with Crippen LogP contribution in [-0.2, 0) is 0 Å². The normalized spacial score (nSPS) is 9.30. The first-order valence-electron chi connectivity index (χ1n) is 2.78. The summed E-state index contributed by atoms with van der Waals surface area (Å²) in [5.74, 6) is 0.173. The maximum atomic E-state index is 10.1. The third-order valence-electron chi connectivity index (χ3n) is 1.14. The highest BCUT2D eigenvalue weighted by Crippen LogP contribution is 2.02. The van der Waals surface area contributed by atoms with E-state index in [1.807, 2.05) is 0 Å². The minimum atomic E-state index is 0.173. The molecule has 10 heavy (non-hydrogen) atoms. The van der Waals surface area contributed by atoms with E-state index in [4.69, 9.17) is 5.73 Å². The van der Waals surface area contributed by atoms with Crippen LogP contribution in [0.2, 0.25) is 0 Å². The van der Waals surface area contributed by atoms with Crippen molar-refractivity contribution in [1.29, 1.82) is 0 Å². The van der Waals surface area contributed by atoms with Crippen LogP contribution in [0.4, 0.5) is 5.69 Å². The molecule has 0 aromatic carbocycles. The molecule has 0 aliphatic rings. The van der Waals surface area contributed by atoms with Crippen molar-refractivity contribution in [3.63, 3.8) is 0 Å². The summed E-state index contributed by atoms with van der Waals surface area (Å²) in [4.78, 5) is 17.5. The monoisotopic (exact) mass is 137 g/mol. The molecule has 1 rings (SSSR count). The van der Waals surface area contributed by atoms with Crippen molar-refractivity contribution in [3.05, 3.63) is 17.7 Å². The van der Waals surface area contributed by atoms with Gasteiger partial charge in [0.25, 0.3) is 0 Å². The molecule has 0 atom stereocenters. The summed E-state index contributed by atoms with van der Waals surface area (Å²) in [6, 6.07) is 0. The molecule has 1 aromatic heterocycles. The third kappa shape index (κ3) is 1.10. The van der Waals surface area contributed by atoms with Gasteiger partial charge in [-0.2, -0.15) is 0 Å². The van der Waals surface area contributed by atoms with Crippen LogP contribution in [0.5, 0.6) is 0 Å². The zero-order valence-electron chi connectivity index (χ0n) is 5.53. The number of aldehydes is 1. The topological polar surface area (TPSA) is 68.9 Å². The van der Waals surface area contributed by atoms with Crippen molar-refractivity contribution in [3.8, 4) is 0 Å². The Balaban J connectivity index is 3.16. The number of hydrogen-bond acceptors (Lipinski definition) is 4. The number of hydrogen-bond donors (Lipinski definition) is 1. The Morgan fingerprint density at radius 1 is 1.70 bits per heavy atom. The number of aromatic nitrogens is 2. The first-order chi connectivity index (χ1) is 4.74. The van der Waals surface area contributed by atoms with Gasteiger partial charge in [0.2, 0.25) is 0 Å². The lowest BCUT2D eigenvalue weighted by atomic mass is 10.4. The van der Waals surface area contributed by atoms with Crippen molar-refractivity contribution in [2.45, 2.75) is 6.92 Å². The molecule has 0 bridgehead atoms. The highest BCUT2D eigenvalue weighted by molar-refractivity contribution is 5.69. The third-order valence-corrected chi connectivity index (χ3v) is 1.14. The largest absolute Gasteiger partial charge is 0.396 e. The molecule has 1 aromatic rings. The quantitative estimate of drug-likeness (QED) is 0.560. The van der Waals surface area contributed by atoms with Crippen LogP contribution in [0.15, 0.2) is 6.20 Å². The Morgan fingerprint density at radius 2 is 2.40 bits per heavy atom. The number of carbonyl (C=O) groups excluding carboxylic acids is 1. The van der Waals surface area contributed by atoms with Crippen LogP contribution < -0.4 is 5.73 Å². The van der Waals surface area contributed by atoms with E-state index in [1.165, 1.54) is 6.20 Å². The molecule has 2 N–H and O–H groups in total. The van der Waals surface area contributed by atoms with E-state index in [1.54, 1.807) is 6.92 Å². The number of aryl methyl sites for hydroxylation is 1. The number of nitrogens with two attached hydrogens (primary N) is 1. The maximum Gasteiger partial charge on any atom is 0.192 e. The second-order valence-electron chi connectivity index (χ2n) is 1.89. The summed E-state index contributed by atoms with van der Waals surface area (Å²) in [6.45, 7) is 1.73. The van der Waals surface area contributed by atoms with Crippen LogP contribution in [0.3, 0.4) is 0 Å². The summed E-state index contributed by atoms with van der Waals surface area (Å²) in [5, 5.41) is 0. The molecule has 0 aliphatic heterocycles. The molecule has 0 amide bonds. The summed E-state index contributed by atoms with van der Waals surface area (Å²) in [6.07, 6.45) is 2.01. The Bertz CT molecular complexity index is 259. The fourth-order valence-electron chi connectivity index (χ4n) is 0.551. The van der Waals surface area contributed by atoms with Crippen molar-refractivity contribution < 1.29 is 4.79 Å². The zero-order valence-corrected chi connectivity index (χ0v) is 5.53. The molecule has 0 radical (unpaired) electrons. The number of nitrogen functional groups attached to an aromatic ring is 1. The smallest absolute Gasteiger partial charge is 0.192 e. The van der Waals surface area contributed by atoms with Gasteiger partial charge in [0, 0.05) is 0 Å². The maximum absolute atomic E-state index is 10.1. The van der Waals surface area contributed by atoms with Gasteiger partial charge in [-0.15, -0.1) is 0 Å². The van der Waals surface area contributed by atoms with Gasteiger partial charge in [-0.05, 0) is 6.92 Å². The van der Waals surface area contributed by atoms with Crippen molar-refractivity contribution in [1.82, 2.24) is 9.97 Å². The molecule has 0 unspecified atom stereocenters. The number of carbonyl (C=O) groups is 1. The Morgan fingerprint density at radius 3 is 2.90 bits per heavy atom. The molecule has 0 spiro atoms. The molecular formula is C6H7N3O. The number of anilines is 1. The van der Waals surface area contributed by atoms with E-state index in [-0.39, 0.29) is 5.82 Å². The van der Waals surface area contributed by atoms with Gasteiger partial charge >= 0.3 is 0 Å². The van der Waals surface area contributed by atoms with Crippen molar-refractivity contribution in [2.24, 2.45) is 0 Å². The molecule has 0 saturated carbocycles. The van der Waals surface area contributed by atoms with Crippen LogP contribution in [0.1, 0.15) is 16.3 Å². The fraction of sp³-hybridized carbons (Fsp3) is 0.167. The Hall–Kier alpha value is -1.45. The molecule has 0 aliphatic carbocycles. The average molecular weight is 137 g/mol. The fourth-order valence-corrected chi connectivity index (χ4v) is 0.551. The van der Waals surface area contributed by atoms with Gasteiger partial charge in [-0.1, -0.05) is 0 Å². The summed E-state index contributed by atoms with van der Waals surface area (Å²) in [7, 11) is 0. The summed E-state index contributed by atoms with van der Waals surface area (Å²) in [5.41, 5.74) is 6.54. The minimum Gasteiger partial charge on any atom is -0.396 e. The first-order valence-corrected chi connectivity index (χ1v) is 2.78. The Labute approximate surface area is 58.1 Å². The minimum absolute atomic E-state index is 0.173. The zero-order chi connectivity index (χ0) is 7.56. The van der Waals surface area contributed by atoms with E-state index in [2.05, 4.69) is 9.97 Å². The standard InChI is InChI=1S/C6H7N3O/c1-4-5(7)2-8-6(3-10)9-4/h2-3H,7H2,1H3. The van der Waals surface area contributed by atoms with E-state index in [0.29, 0.717) is 17.7 Å². The Kier molecular flexibility index (Phi) is 1.62. The molecule has 1 heterocycles. The van der Waals surface area contributed by atoms with Crippen LogP contribution >= 0.6 is 0 Å². The van der Waals surface area contributed by atoms with Gasteiger partial charge < -0.3 is 5.73 Å². The number of nitrogens with zero attached hydrogens (tertiary/aromatic N) is 2. The van der Waals surface area contributed by atoms with E-state index in [9.17, 15) is 4.79 Å². The summed E-state index contributed by atoms with van der Waals surface area (Å²) < 4.78 is 0. The first kappa shape index (κ1) is 6.67. The second-order valence-corrected chi connectivity index (χ2v) is 1.89. The number of rotatable bonds is 1. The predicted octanol–water partition coefficient (Wildman–Crippen LogP) is 0.180.